The highest BCUT2D eigenvalue weighted by Crippen LogP contribution is 2.29. The van der Waals surface area contributed by atoms with Gasteiger partial charge in [-0.25, -0.2) is 18.0 Å². The van der Waals surface area contributed by atoms with E-state index in [0.717, 1.165) is 6.54 Å². The number of urea groups is 1. The molecule has 0 spiro atoms. The Labute approximate surface area is 202 Å². The number of halogens is 4. The number of sulfone groups is 1. The standard InChI is InChI=1S/C19H28ClN3O3S.C2HF3O2/c1-14(2)13-23-11-12-27(25,26)18-8-10-22(9-7-17(18)23)19(24)21-16-6-4-3-5-15(16)20;3-2(4,5)1(6)7/h3-6,14,17-18H,7-13H2,1-2H3,(H,21,24);(H,6,7)/t17-,18+;/m0./s1. The molecule has 2 aliphatic heterocycles. The van der Waals surface area contributed by atoms with E-state index in [9.17, 15) is 26.4 Å². The second-order valence-electron chi connectivity index (χ2n) is 8.64. The number of carbonyl (C=O) groups excluding carboxylic acids is 1. The lowest BCUT2D eigenvalue weighted by Gasteiger charge is -2.40. The van der Waals surface area contributed by atoms with Crippen LogP contribution in [0.25, 0.3) is 0 Å². The van der Waals surface area contributed by atoms with E-state index >= 15 is 0 Å². The number of carboxylic acid groups (broad SMARTS) is 1. The van der Waals surface area contributed by atoms with E-state index < -0.39 is 22.0 Å². The van der Waals surface area contributed by atoms with Gasteiger partial charge in [-0.05, 0) is 30.9 Å². The molecule has 0 radical (unpaired) electrons. The van der Waals surface area contributed by atoms with Gasteiger partial charge >= 0.3 is 18.2 Å². The molecule has 0 unspecified atom stereocenters. The van der Waals surface area contributed by atoms with Crippen molar-refractivity contribution in [3.8, 4) is 0 Å². The van der Waals surface area contributed by atoms with Crippen molar-refractivity contribution >= 4 is 39.1 Å². The van der Waals surface area contributed by atoms with Crippen LogP contribution in [0.3, 0.4) is 0 Å². The Balaban J connectivity index is 0.000000509. The number of hydrogen-bond donors (Lipinski definition) is 2. The minimum atomic E-state index is -5.08. The molecule has 2 N–H and O–H groups in total. The number of alkyl halides is 3. The number of para-hydroxylation sites is 1. The first-order chi connectivity index (χ1) is 15.7. The van der Waals surface area contributed by atoms with Crippen LogP contribution < -0.4 is 5.32 Å². The molecule has 2 saturated heterocycles. The Morgan fingerprint density at radius 3 is 2.32 bits per heavy atom. The molecule has 0 bridgehead atoms. The Bertz CT molecular complexity index is 975. The summed E-state index contributed by atoms with van der Waals surface area (Å²) < 4.78 is 57.0. The first kappa shape index (κ1) is 28.2. The molecule has 8 nitrogen and oxygen atoms in total. The molecule has 1 aromatic rings. The maximum Gasteiger partial charge on any atom is 0.490 e. The summed E-state index contributed by atoms with van der Waals surface area (Å²) in [5.41, 5.74) is 0.569. The van der Waals surface area contributed by atoms with Gasteiger partial charge in [0.05, 0.1) is 21.7 Å². The molecule has 192 valence electrons. The molecule has 2 fully saturated rings. The van der Waals surface area contributed by atoms with E-state index in [-0.39, 0.29) is 23.1 Å². The van der Waals surface area contributed by atoms with Crippen LogP contribution in [-0.2, 0) is 14.6 Å². The lowest BCUT2D eigenvalue weighted by atomic mass is 10.0. The summed E-state index contributed by atoms with van der Waals surface area (Å²) in [5.74, 6) is -2.06. The van der Waals surface area contributed by atoms with Gasteiger partial charge in [0, 0.05) is 32.2 Å². The summed E-state index contributed by atoms with van der Waals surface area (Å²) in [7, 11) is -3.11. The predicted molar refractivity (Wildman–Crippen MR) is 123 cm³/mol. The predicted octanol–water partition coefficient (Wildman–Crippen LogP) is 3.72. The molecular formula is C21H29ClF3N3O5S. The Kier molecular flexibility index (Phi) is 9.61. The number of fused-ring (bicyclic) bond motifs is 1. The molecule has 0 aromatic heterocycles. The van der Waals surface area contributed by atoms with Crippen LogP contribution in [-0.4, -0.2) is 84.7 Å². The number of aliphatic carboxylic acids is 1. The van der Waals surface area contributed by atoms with Crippen molar-refractivity contribution in [1.82, 2.24) is 9.80 Å². The molecule has 2 aliphatic rings. The Morgan fingerprint density at radius 1 is 1.18 bits per heavy atom. The smallest absolute Gasteiger partial charge is 0.475 e. The zero-order valence-electron chi connectivity index (χ0n) is 18.9. The summed E-state index contributed by atoms with van der Waals surface area (Å²) in [5, 5.41) is 10.1. The first-order valence-electron chi connectivity index (χ1n) is 10.8. The molecule has 13 heteroatoms. The van der Waals surface area contributed by atoms with Gasteiger partial charge in [-0.1, -0.05) is 37.6 Å². The molecule has 2 amide bonds. The van der Waals surface area contributed by atoms with Crippen molar-refractivity contribution in [2.24, 2.45) is 5.92 Å². The lowest BCUT2D eigenvalue weighted by Crippen LogP contribution is -2.55. The van der Waals surface area contributed by atoms with Gasteiger partial charge < -0.3 is 15.3 Å². The molecule has 0 aliphatic carbocycles. The number of carbonyl (C=O) groups is 2. The average Bonchev–Trinajstić information content (AvgIpc) is 2.96. The van der Waals surface area contributed by atoms with Crippen molar-refractivity contribution in [3.05, 3.63) is 29.3 Å². The average molecular weight is 528 g/mol. The minimum Gasteiger partial charge on any atom is -0.475 e. The first-order valence-corrected chi connectivity index (χ1v) is 12.9. The summed E-state index contributed by atoms with van der Waals surface area (Å²) >= 11 is 6.12. The van der Waals surface area contributed by atoms with Crippen LogP contribution >= 0.6 is 11.6 Å². The van der Waals surface area contributed by atoms with Gasteiger partial charge in [-0.2, -0.15) is 13.2 Å². The summed E-state index contributed by atoms with van der Waals surface area (Å²) in [6.07, 6.45) is -3.93. The van der Waals surface area contributed by atoms with Gasteiger partial charge in [0.1, 0.15) is 0 Å². The van der Waals surface area contributed by atoms with E-state index in [2.05, 4.69) is 24.1 Å². The Morgan fingerprint density at radius 2 is 1.76 bits per heavy atom. The molecule has 1 aromatic carbocycles. The van der Waals surface area contributed by atoms with E-state index in [1.165, 1.54) is 0 Å². The number of anilines is 1. The normalized spacial score (nSPS) is 22.7. The molecule has 2 atom stereocenters. The number of hydrogen-bond acceptors (Lipinski definition) is 5. The number of rotatable bonds is 3. The second-order valence-corrected chi connectivity index (χ2v) is 11.4. The number of nitrogens with zero attached hydrogens (tertiary/aromatic N) is 2. The zero-order valence-corrected chi connectivity index (χ0v) is 20.5. The van der Waals surface area contributed by atoms with Gasteiger partial charge in [0.25, 0.3) is 0 Å². The second kappa shape index (κ2) is 11.6. The third kappa shape index (κ3) is 7.74. The topological polar surface area (TPSA) is 107 Å². The number of amides is 2. The monoisotopic (exact) mass is 527 g/mol. The van der Waals surface area contributed by atoms with Crippen molar-refractivity contribution < 1.29 is 36.3 Å². The summed E-state index contributed by atoms with van der Waals surface area (Å²) in [6, 6.07) is 6.87. The van der Waals surface area contributed by atoms with Gasteiger partial charge in [-0.3, -0.25) is 4.90 Å². The van der Waals surface area contributed by atoms with Crippen LogP contribution in [0.2, 0.25) is 5.02 Å². The number of carboxylic acids is 1. The van der Waals surface area contributed by atoms with Gasteiger partial charge in [-0.15, -0.1) is 0 Å². The third-order valence-electron chi connectivity index (χ3n) is 5.65. The largest absolute Gasteiger partial charge is 0.490 e. The van der Waals surface area contributed by atoms with E-state index in [0.29, 0.717) is 49.1 Å². The van der Waals surface area contributed by atoms with Crippen LogP contribution in [0.15, 0.2) is 24.3 Å². The van der Waals surface area contributed by atoms with Crippen molar-refractivity contribution in [1.29, 1.82) is 0 Å². The number of nitrogens with one attached hydrogen (secondary N) is 1. The molecule has 34 heavy (non-hydrogen) atoms. The van der Waals surface area contributed by atoms with Crippen molar-refractivity contribution in [2.45, 2.75) is 44.2 Å². The van der Waals surface area contributed by atoms with Crippen LogP contribution in [0, 0.1) is 5.92 Å². The maximum atomic E-state index is 12.7. The number of benzene rings is 1. The van der Waals surface area contributed by atoms with Crippen LogP contribution in [0.1, 0.15) is 26.7 Å². The fourth-order valence-corrected chi connectivity index (χ4v) is 6.34. The quantitative estimate of drug-likeness (QED) is 0.620. The number of likely N-dealkylation sites (tertiary alicyclic amines) is 1. The SMILES string of the molecule is CC(C)CN1CCS(=O)(=O)[C@@H]2CCN(C(=O)Nc3ccccc3Cl)CC[C@@H]21.O=C(O)C(F)(F)F. The highest BCUT2D eigenvalue weighted by molar-refractivity contribution is 7.92. The molecule has 0 saturated carbocycles. The third-order valence-corrected chi connectivity index (χ3v) is 8.20. The minimum absolute atomic E-state index is 0.00994. The maximum absolute atomic E-state index is 12.7. The van der Waals surface area contributed by atoms with E-state index in [4.69, 9.17) is 21.5 Å². The highest BCUT2D eigenvalue weighted by Gasteiger charge is 2.43. The molecular weight excluding hydrogens is 499 g/mol. The summed E-state index contributed by atoms with van der Waals surface area (Å²) in [6.45, 7) is 6.76. The molecule has 3 rings (SSSR count). The lowest BCUT2D eigenvalue weighted by molar-refractivity contribution is -0.192. The van der Waals surface area contributed by atoms with E-state index in [1.54, 1.807) is 17.0 Å². The van der Waals surface area contributed by atoms with E-state index in [1.807, 2.05) is 12.1 Å². The molecule has 2 heterocycles. The highest BCUT2D eigenvalue weighted by atomic mass is 35.5. The van der Waals surface area contributed by atoms with Crippen LogP contribution in [0.4, 0.5) is 23.7 Å². The fourth-order valence-electron chi connectivity index (χ4n) is 4.12. The van der Waals surface area contributed by atoms with Crippen LogP contribution in [0.5, 0.6) is 0 Å². The van der Waals surface area contributed by atoms with Crippen molar-refractivity contribution in [2.75, 3.05) is 37.2 Å². The van der Waals surface area contributed by atoms with Gasteiger partial charge in [0.15, 0.2) is 9.84 Å². The Hall–Kier alpha value is -2.05. The van der Waals surface area contributed by atoms with Gasteiger partial charge in [0.2, 0.25) is 0 Å². The summed E-state index contributed by atoms with van der Waals surface area (Å²) in [4.78, 5) is 25.6. The fraction of sp³-hybridized carbons (Fsp3) is 0.619. The van der Waals surface area contributed by atoms with Crippen molar-refractivity contribution in [3.63, 3.8) is 0 Å². The zero-order chi connectivity index (χ0) is 25.7.